The predicted molar refractivity (Wildman–Crippen MR) is 50.7 cm³/mol. The first-order chi connectivity index (χ1) is 6.51. The largest absolute Gasteiger partial charge is 0.332 e. The molecule has 0 aromatic carbocycles. The maximum absolute atomic E-state index is 13.2. The van der Waals surface area contributed by atoms with Gasteiger partial charge < -0.3 is 4.90 Å². The molecule has 1 unspecified atom stereocenters. The number of alkyl halides is 1. The number of guanidine groups is 1. The van der Waals surface area contributed by atoms with Gasteiger partial charge in [0.2, 0.25) is 11.9 Å². The van der Waals surface area contributed by atoms with E-state index < -0.39 is 6.17 Å². The van der Waals surface area contributed by atoms with Gasteiger partial charge in [-0.05, 0) is 6.92 Å². The summed E-state index contributed by atoms with van der Waals surface area (Å²) in [5, 5.41) is 2.63. The van der Waals surface area contributed by atoms with Crippen molar-refractivity contribution in [3.05, 3.63) is 0 Å². The van der Waals surface area contributed by atoms with E-state index in [9.17, 15) is 9.18 Å². The van der Waals surface area contributed by atoms with Gasteiger partial charge in [0.15, 0.2) is 0 Å². The average molecular weight is 199 g/mol. The highest BCUT2D eigenvalue weighted by atomic mass is 19.1. The maximum Gasteiger partial charge on any atom is 0.223 e. The van der Waals surface area contributed by atoms with E-state index >= 15 is 0 Å². The van der Waals surface area contributed by atoms with E-state index in [-0.39, 0.29) is 11.4 Å². The normalized spacial score (nSPS) is 35.5. The lowest BCUT2D eigenvalue weighted by Gasteiger charge is -2.28. The SMILES string of the molecule is CC(=O)NC1=NC[C@]2(C)CC(F)CN12. The molecule has 1 N–H and O–H groups in total. The second-order valence-corrected chi connectivity index (χ2v) is 4.23. The van der Waals surface area contributed by atoms with Crippen LogP contribution in [0.15, 0.2) is 4.99 Å². The van der Waals surface area contributed by atoms with Gasteiger partial charge in [0.05, 0.1) is 18.6 Å². The summed E-state index contributed by atoms with van der Waals surface area (Å²) < 4.78 is 13.2. The van der Waals surface area contributed by atoms with Crippen LogP contribution in [0.1, 0.15) is 20.3 Å². The molecule has 14 heavy (non-hydrogen) atoms. The molecule has 0 radical (unpaired) electrons. The summed E-state index contributed by atoms with van der Waals surface area (Å²) in [7, 11) is 0. The molecule has 2 atom stereocenters. The molecule has 2 aliphatic heterocycles. The van der Waals surface area contributed by atoms with Gasteiger partial charge in [-0.3, -0.25) is 15.1 Å². The molecule has 0 aromatic rings. The number of hydrogen-bond donors (Lipinski definition) is 1. The van der Waals surface area contributed by atoms with Crippen LogP contribution in [0, 0.1) is 0 Å². The third-order valence-corrected chi connectivity index (χ3v) is 2.81. The molecule has 78 valence electrons. The highest BCUT2D eigenvalue weighted by molar-refractivity contribution is 5.97. The minimum Gasteiger partial charge on any atom is -0.332 e. The molecule has 0 bridgehead atoms. The Morgan fingerprint density at radius 2 is 2.50 bits per heavy atom. The monoisotopic (exact) mass is 199 g/mol. The molecule has 5 heteroatoms. The summed E-state index contributed by atoms with van der Waals surface area (Å²) in [5.74, 6) is 0.371. The quantitative estimate of drug-likeness (QED) is 0.609. The molecule has 1 amide bonds. The predicted octanol–water partition coefficient (Wildman–Crippen LogP) is 0.295. The summed E-state index contributed by atoms with van der Waals surface area (Å²) >= 11 is 0. The Balaban J connectivity index is 2.13. The van der Waals surface area contributed by atoms with Gasteiger partial charge in [-0.1, -0.05) is 0 Å². The summed E-state index contributed by atoms with van der Waals surface area (Å²) in [6, 6.07) is 0. The zero-order valence-corrected chi connectivity index (χ0v) is 8.38. The van der Waals surface area contributed by atoms with Gasteiger partial charge in [-0.15, -0.1) is 0 Å². The van der Waals surface area contributed by atoms with Gasteiger partial charge in [-0.2, -0.15) is 0 Å². The van der Waals surface area contributed by atoms with Crippen molar-refractivity contribution in [3.8, 4) is 0 Å². The molecule has 2 heterocycles. The number of carbonyl (C=O) groups excluding carboxylic acids is 1. The van der Waals surface area contributed by atoms with Crippen LogP contribution >= 0.6 is 0 Å². The molecule has 2 aliphatic rings. The smallest absolute Gasteiger partial charge is 0.223 e. The molecule has 0 aromatic heterocycles. The Bertz CT molecular complexity index is 304. The van der Waals surface area contributed by atoms with E-state index in [1.54, 1.807) is 0 Å². The van der Waals surface area contributed by atoms with E-state index in [2.05, 4.69) is 10.3 Å². The van der Waals surface area contributed by atoms with Gasteiger partial charge >= 0.3 is 0 Å². The topological polar surface area (TPSA) is 44.7 Å². The number of amides is 1. The van der Waals surface area contributed by atoms with Crippen molar-refractivity contribution < 1.29 is 9.18 Å². The third-order valence-electron chi connectivity index (χ3n) is 2.81. The van der Waals surface area contributed by atoms with Crippen LogP contribution in [-0.2, 0) is 4.79 Å². The zero-order chi connectivity index (χ0) is 10.3. The van der Waals surface area contributed by atoms with Crippen molar-refractivity contribution in [2.75, 3.05) is 13.1 Å². The second-order valence-electron chi connectivity index (χ2n) is 4.23. The minimum absolute atomic E-state index is 0.157. The van der Waals surface area contributed by atoms with E-state index in [1.807, 2.05) is 11.8 Å². The van der Waals surface area contributed by atoms with Crippen molar-refractivity contribution in [2.45, 2.75) is 32.0 Å². The first kappa shape index (κ1) is 9.43. The van der Waals surface area contributed by atoms with E-state index in [0.29, 0.717) is 25.5 Å². The van der Waals surface area contributed by atoms with E-state index in [0.717, 1.165) is 0 Å². The lowest BCUT2D eigenvalue weighted by atomic mass is 10.0. The average Bonchev–Trinajstić information content (AvgIpc) is 2.47. The molecule has 1 saturated heterocycles. The fraction of sp³-hybridized carbons (Fsp3) is 0.778. The van der Waals surface area contributed by atoms with Crippen molar-refractivity contribution in [1.29, 1.82) is 0 Å². The zero-order valence-electron chi connectivity index (χ0n) is 8.38. The van der Waals surface area contributed by atoms with Crippen LogP contribution in [0.5, 0.6) is 0 Å². The summed E-state index contributed by atoms with van der Waals surface area (Å²) in [6.45, 7) is 4.32. The summed E-state index contributed by atoms with van der Waals surface area (Å²) in [6.07, 6.45) is -0.307. The fourth-order valence-electron chi connectivity index (χ4n) is 2.16. The fourth-order valence-corrected chi connectivity index (χ4v) is 2.16. The Kier molecular flexibility index (Phi) is 1.97. The van der Waals surface area contributed by atoms with Crippen LogP contribution < -0.4 is 5.32 Å². The van der Waals surface area contributed by atoms with Gasteiger partial charge in [-0.25, -0.2) is 4.39 Å². The molecule has 4 nitrogen and oxygen atoms in total. The van der Waals surface area contributed by atoms with Crippen LogP contribution in [-0.4, -0.2) is 41.6 Å². The number of hydrogen-bond acceptors (Lipinski definition) is 3. The van der Waals surface area contributed by atoms with Gasteiger partial charge in [0, 0.05) is 13.3 Å². The van der Waals surface area contributed by atoms with E-state index in [1.165, 1.54) is 6.92 Å². The molecule has 0 aliphatic carbocycles. The number of nitrogens with one attached hydrogen (secondary N) is 1. The lowest BCUT2D eigenvalue weighted by molar-refractivity contribution is -0.117. The van der Waals surface area contributed by atoms with Crippen molar-refractivity contribution in [2.24, 2.45) is 4.99 Å². The summed E-state index contributed by atoms with van der Waals surface area (Å²) in [4.78, 5) is 16.9. The number of halogens is 1. The minimum atomic E-state index is -0.806. The van der Waals surface area contributed by atoms with Crippen LogP contribution in [0.2, 0.25) is 0 Å². The molecule has 1 fully saturated rings. The van der Waals surface area contributed by atoms with E-state index in [4.69, 9.17) is 0 Å². The third kappa shape index (κ3) is 1.36. The second kappa shape index (κ2) is 2.93. The number of fused-ring (bicyclic) bond motifs is 1. The van der Waals surface area contributed by atoms with Crippen LogP contribution in [0.25, 0.3) is 0 Å². The number of aliphatic imine (C=N–C) groups is 1. The van der Waals surface area contributed by atoms with Crippen LogP contribution in [0.3, 0.4) is 0 Å². The van der Waals surface area contributed by atoms with Crippen molar-refractivity contribution in [3.63, 3.8) is 0 Å². The molecule has 2 rings (SSSR count). The highest BCUT2D eigenvalue weighted by Gasteiger charge is 2.47. The maximum atomic E-state index is 13.2. The molecule has 0 spiro atoms. The molecular weight excluding hydrogens is 185 g/mol. The first-order valence-corrected chi connectivity index (χ1v) is 4.75. The van der Waals surface area contributed by atoms with Crippen molar-refractivity contribution >= 4 is 11.9 Å². The Labute approximate surface area is 82.2 Å². The number of nitrogens with zero attached hydrogens (tertiary/aromatic N) is 2. The molecule has 0 saturated carbocycles. The number of rotatable bonds is 0. The van der Waals surface area contributed by atoms with Crippen molar-refractivity contribution in [1.82, 2.24) is 10.2 Å². The van der Waals surface area contributed by atoms with Gasteiger partial charge in [0.1, 0.15) is 6.17 Å². The highest BCUT2D eigenvalue weighted by Crippen LogP contribution is 2.34. The Morgan fingerprint density at radius 3 is 3.14 bits per heavy atom. The molecular formula is C9H14FN3O. The number of carbonyl (C=O) groups is 1. The standard InChI is InChI=1S/C9H14FN3O/c1-6(14)12-8-11-5-9(2)3-7(10)4-13(8)9/h7H,3-5H2,1-2H3,(H,11,12,14)/t7?,9-/m0/s1. The Hall–Kier alpha value is -1.13. The van der Waals surface area contributed by atoms with Gasteiger partial charge in [0.25, 0.3) is 0 Å². The summed E-state index contributed by atoms with van der Waals surface area (Å²) in [5.41, 5.74) is -0.225. The lowest BCUT2D eigenvalue weighted by Crippen LogP contribution is -2.47. The first-order valence-electron chi connectivity index (χ1n) is 4.75. The Morgan fingerprint density at radius 1 is 1.79 bits per heavy atom. The van der Waals surface area contributed by atoms with Crippen LogP contribution in [0.4, 0.5) is 4.39 Å².